The molecule has 0 spiro atoms. The molecule has 3 rings (SSSR count). The Kier molecular flexibility index (Phi) is 3.53. The summed E-state index contributed by atoms with van der Waals surface area (Å²) < 4.78 is 6.05. The molecule has 1 aromatic carbocycles. The highest BCUT2D eigenvalue weighted by Crippen LogP contribution is 2.43. The number of phenolic OH excluding ortho intramolecular Hbond substituents is 2. The van der Waals surface area contributed by atoms with Gasteiger partial charge in [-0.1, -0.05) is 6.07 Å². The molecule has 2 atom stereocenters. The summed E-state index contributed by atoms with van der Waals surface area (Å²) in [5, 5.41) is 19.8. The number of phenols is 2. The number of aromatic hydroxyl groups is 2. The van der Waals surface area contributed by atoms with Crippen LogP contribution in [0.2, 0.25) is 0 Å². The van der Waals surface area contributed by atoms with Crippen molar-refractivity contribution in [3.05, 3.63) is 52.8 Å². The molecule has 0 aliphatic carbocycles. The van der Waals surface area contributed by atoms with Gasteiger partial charge >= 0.3 is 0 Å². The lowest BCUT2D eigenvalue weighted by molar-refractivity contribution is -0.0231. The summed E-state index contributed by atoms with van der Waals surface area (Å²) in [5.41, 5.74) is 9.25. The number of benzene rings is 1. The van der Waals surface area contributed by atoms with E-state index >= 15 is 0 Å². The summed E-state index contributed by atoms with van der Waals surface area (Å²) in [6, 6.07) is 7.09. The molecule has 0 fully saturated rings. The first kappa shape index (κ1) is 13.9. The Morgan fingerprint density at radius 2 is 2.14 bits per heavy atom. The van der Waals surface area contributed by atoms with E-state index in [1.807, 2.05) is 19.1 Å². The van der Waals surface area contributed by atoms with E-state index in [1.54, 1.807) is 12.3 Å². The molecule has 1 aliphatic rings. The van der Waals surface area contributed by atoms with Crippen molar-refractivity contribution in [1.29, 1.82) is 0 Å². The van der Waals surface area contributed by atoms with E-state index in [4.69, 9.17) is 10.5 Å². The van der Waals surface area contributed by atoms with Crippen LogP contribution >= 0.6 is 0 Å². The minimum atomic E-state index is -0.293. The summed E-state index contributed by atoms with van der Waals surface area (Å²) in [5.74, 6) is -0.193. The van der Waals surface area contributed by atoms with Crippen molar-refractivity contribution in [3.8, 4) is 11.5 Å². The molecule has 21 heavy (non-hydrogen) atoms. The third kappa shape index (κ3) is 2.46. The Morgan fingerprint density at radius 3 is 2.86 bits per heavy atom. The number of rotatable bonds is 2. The van der Waals surface area contributed by atoms with Crippen LogP contribution in [0.3, 0.4) is 0 Å². The topological polar surface area (TPSA) is 88.6 Å². The molecule has 5 nitrogen and oxygen atoms in total. The fraction of sp³-hybridized carbons (Fsp3) is 0.312. The lowest BCUT2D eigenvalue weighted by Gasteiger charge is -2.32. The highest BCUT2D eigenvalue weighted by atomic mass is 16.5. The lowest BCUT2D eigenvalue weighted by atomic mass is 9.90. The minimum Gasteiger partial charge on any atom is -0.504 e. The average Bonchev–Trinajstić information content (AvgIpc) is 2.50. The number of nitrogens with two attached hydrogens (primary N) is 1. The zero-order valence-electron chi connectivity index (χ0n) is 11.8. The van der Waals surface area contributed by atoms with E-state index in [0.717, 1.165) is 16.8 Å². The molecule has 2 aromatic rings. The monoisotopic (exact) mass is 286 g/mol. The summed E-state index contributed by atoms with van der Waals surface area (Å²) in [4.78, 5) is 4.18. The van der Waals surface area contributed by atoms with Gasteiger partial charge in [-0.2, -0.15) is 0 Å². The Balaban J connectivity index is 2.03. The fourth-order valence-corrected chi connectivity index (χ4v) is 2.81. The van der Waals surface area contributed by atoms with Gasteiger partial charge in [0.1, 0.15) is 0 Å². The molecule has 2 heterocycles. The first-order valence-corrected chi connectivity index (χ1v) is 6.92. The van der Waals surface area contributed by atoms with Gasteiger partial charge in [-0.05, 0) is 36.2 Å². The molecule has 0 saturated carbocycles. The Bertz CT molecular complexity index is 673. The maximum absolute atomic E-state index is 10.1. The second kappa shape index (κ2) is 5.35. The largest absolute Gasteiger partial charge is 0.504 e. The maximum Gasteiger partial charge on any atom is 0.161 e. The predicted octanol–water partition coefficient (Wildman–Crippen LogP) is 2.12. The Hall–Kier alpha value is -2.11. The van der Waals surface area contributed by atoms with Crippen LogP contribution in [0.5, 0.6) is 11.5 Å². The zero-order valence-corrected chi connectivity index (χ0v) is 11.8. The van der Waals surface area contributed by atoms with Crippen LogP contribution in [0.25, 0.3) is 0 Å². The molecule has 0 bridgehead atoms. The molecule has 0 saturated heterocycles. The average molecular weight is 286 g/mol. The summed E-state index contributed by atoms with van der Waals surface area (Å²) in [7, 11) is 0. The third-order valence-corrected chi connectivity index (χ3v) is 3.87. The molecule has 1 aromatic heterocycles. The van der Waals surface area contributed by atoms with E-state index in [9.17, 15) is 10.2 Å². The first-order chi connectivity index (χ1) is 10.1. The van der Waals surface area contributed by atoms with Crippen molar-refractivity contribution in [2.45, 2.75) is 25.6 Å². The van der Waals surface area contributed by atoms with Crippen LogP contribution in [0, 0.1) is 6.92 Å². The van der Waals surface area contributed by atoms with Gasteiger partial charge in [0.25, 0.3) is 0 Å². The minimum absolute atomic E-state index is 0.0787. The molecule has 0 amide bonds. The van der Waals surface area contributed by atoms with Crippen molar-refractivity contribution >= 4 is 0 Å². The zero-order chi connectivity index (χ0) is 15.0. The first-order valence-electron chi connectivity index (χ1n) is 6.92. The van der Waals surface area contributed by atoms with Gasteiger partial charge in [-0.15, -0.1) is 0 Å². The van der Waals surface area contributed by atoms with Gasteiger partial charge in [0.05, 0.1) is 12.2 Å². The van der Waals surface area contributed by atoms with E-state index in [2.05, 4.69) is 4.98 Å². The molecule has 110 valence electrons. The Labute approximate surface area is 123 Å². The number of aromatic nitrogens is 1. The van der Waals surface area contributed by atoms with Crippen molar-refractivity contribution in [3.63, 3.8) is 0 Å². The van der Waals surface area contributed by atoms with E-state index in [-0.39, 0.29) is 23.7 Å². The predicted molar refractivity (Wildman–Crippen MR) is 78.1 cm³/mol. The van der Waals surface area contributed by atoms with Crippen LogP contribution in [0.15, 0.2) is 30.5 Å². The number of hydrogen-bond donors (Lipinski definition) is 3. The normalized spacial score (nSPS) is 21.0. The van der Waals surface area contributed by atoms with Gasteiger partial charge in [-0.3, -0.25) is 4.98 Å². The quantitative estimate of drug-likeness (QED) is 0.736. The molecule has 2 unspecified atom stereocenters. The highest BCUT2D eigenvalue weighted by molar-refractivity contribution is 5.51. The standard InChI is InChI=1S/C16H18N2O3/c1-9-6-10(4-5-18-9)14-7-12-11(15(8-17)21-14)2-3-13(19)16(12)20/h2-6,14-15,19-20H,7-8,17H2,1H3. The number of pyridine rings is 1. The SMILES string of the molecule is Cc1cc(C2Cc3c(ccc(O)c3O)C(CN)O2)ccn1. The van der Waals surface area contributed by atoms with Crippen LogP contribution < -0.4 is 5.73 Å². The van der Waals surface area contributed by atoms with Crippen molar-refractivity contribution in [1.82, 2.24) is 4.98 Å². The third-order valence-electron chi connectivity index (χ3n) is 3.87. The second-order valence-electron chi connectivity index (χ2n) is 5.28. The molecule has 1 aliphatic heterocycles. The van der Waals surface area contributed by atoms with Gasteiger partial charge in [0.15, 0.2) is 11.5 Å². The van der Waals surface area contributed by atoms with Gasteiger partial charge < -0.3 is 20.7 Å². The van der Waals surface area contributed by atoms with E-state index in [0.29, 0.717) is 18.5 Å². The summed E-state index contributed by atoms with van der Waals surface area (Å²) >= 11 is 0. The molecular weight excluding hydrogens is 268 g/mol. The van der Waals surface area contributed by atoms with Crippen LogP contribution in [-0.2, 0) is 11.2 Å². The second-order valence-corrected chi connectivity index (χ2v) is 5.28. The van der Waals surface area contributed by atoms with Crippen LogP contribution in [0.4, 0.5) is 0 Å². The van der Waals surface area contributed by atoms with E-state index in [1.165, 1.54) is 6.07 Å². The summed E-state index contributed by atoms with van der Waals surface area (Å²) in [6.45, 7) is 2.24. The number of aryl methyl sites for hydroxylation is 1. The lowest BCUT2D eigenvalue weighted by Crippen LogP contribution is -2.25. The maximum atomic E-state index is 10.1. The molecule has 5 heteroatoms. The van der Waals surface area contributed by atoms with Gasteiger partial charge in [0, 0.05) is 30.4 Å². The highest BCUT2D eigenvalue weighted by Gasteiger charge is 2.30. The fourth-order valence-electron chi connectivity index (χ4n) is 2.81. The van der Waals surface area contributed by atoms with Crippen LogP contribution in [-0.4, -0.2) is 21.7 Å². The van der Waals surface area contributed by atoms with E-state index < -0.39 is 0 Å². The van der Waals surface area contributed by atoms with Crippen molar-refractivity contribution < 1.29 is 14.9 Å². The van der Waals surface area contributed by atoms with Gasteiger partial charge in [-0.25, -0.2) is 0 Å². The van der Waals surface area contributed by atoms with Crippen molar-refractivity contribution in [2.75, 3.05) is 6.54 Å². The number of nitrogens with zero attached hydrogens (tertiary/aromatic N) is 1. The van der Waals surface area contributed by atoms with Gasteiger partial charge in [0.2, 0.25) is 0 Å². The molecule has 0 radical (unpaired) electrons. The molecule has 4 N–H and O–H groups in total. The van der Waals surface area contributed by atoms with Crippen molar-refractivity contribution in [2.24, 2.45) is 5.73 Å². The Morgan fingerprint density at radius 1 is 1.33 bits per heavy atom. The number of fused-ring (bicyclic) bond motifs is 1. The molecular formula is C16H18N2O3. The smallest absolute Gasteiger partial charge is 0.161 e. The van der Waals surface area contributed by atoms with Crippen LogP contribution in [0.1, 0.15) is 34.6 Å². The summed E-state index contributed by atoms with van der Waals surface area (Å²) in [6.07, 6.45) is 1.73. The number of hydrogen-bond acceptors (Lipinski definition) is 5. The number of ether oxygens (including phenoxy) is 1.